The first-order valence-corrected chi connectivity index (χ1v) is 5.96. The number of nitrogens with one attached hydrogen (secondary N) is 1. The number of hydrogen-bond acceptors (Lipinski definition) is 3. The van der Waals surface area contributed by atoms with E-state index in [0.29, 0.717) is 5.56 Å². The van der Waals surface area contributed by atoms with Gasteiger partial charge in [-0.25, -0.2) is 0 Å². The summed E-state index contributed by atoms with van der Waals surface area (Å²) in [6.45, 7) is -1.24. The summed E-state index contributed by atoms with van der Waals surface area (Å²) in [6.07, 6.45) is 1.38. The van der Waals surface area contributed by atoms with Crippen LogP contribution in [0.25, 0.3) is 0 Å². The molecule has 0 bridgehead atoms. The summed E-state index contributed by atoms with van der Waals surface area (Å²) in [5.74, 6) is -0.229. The summed E-state index contributed by atoms with van der Waals surface area (Å²) < 4.78 is 34.0. The van der Waals surface area contributed by atoms with Crippen molar-refractivity contribution in [3.8, 4) is 5.75 Å². The van der Waals surface area contributed by atoms with Gasteiger partial charge >= 0.3 is 6.61 Å². The third-order valence-corrected chi connectivity index (χ3v) is 2.69. The first-order valence-electron chi connectivity index (χ1n) is 5.96. The maximum atomic E-state index is 12.3. The van der Waals surface area contributed by atoms with Gasteiger partial charge in [-0.15, -0.1) is 0 Å². The van der Waals surface area contributed by atoms with Crippen LogP contribution in [0.3, 0.4) is 0 Å². The van der Waals surface area contributed by atoms with Crippen molar-refractivity contribution >= 4 is 5.91 Å². The SMILES string of the molecule is CC(NC(=O)c1ccco1)c1ccccc1OC(F)F. The number of alkyl halides is 2. The Balaban J connectivity index is 2.13. The van der Waals surface area contributed by atoms with E-state index in [1.165, 1.54) is 18.4 Å². The summed E-state index contributed by atoms with van der Waals surface area (Å²) in [5.41, 5.74) is 0.465. The lowest BCUT2D eigenvalue weighted by Gasteiger charge is -2.17. The number of amides is 1. The molecule has 1 atom stereocenters. The van der Waals surface area contributed by atoms with Crippen LogP contribution in [-0.4, -0.2) is 12.5 Å². The lowest BCUT2D eigenvalue weighted by atomic mass is 10.1. The van der Waals surface area contributed by atoms with Gasteiger partial charge in [0.25, 0.3) is 5.91 Å². The predicted molar refractivity (Wildman–Crippen MR) is 67.7 cm³/mol. The Labute approximate surface area is 114 Å². The van der Waals surface area contributed by atoms with E-state index in [2.05, 4.69) is 10.1 Å². The van der Waals surface area contributed by atoms with Gasteiger partial charge in [-0.05, 0) is 25.1 Å². The largest absolute Gasteiger partial charge is 0.459 e. The Morgan fingerprint density at radius 3 is 2.65 bits per heavy atom. The quantitative estimate of drug-likeness (QED) is 0.914. The van der Waals surface area contributed by atoms with Gasteiger partial charge in [0, 0.05) is 5.56 Å². The molecular formula is C14H13F2NO3. The Hall–Kier alpha value is -2.37. The second-order valence-electron chi connectivity index (χ2n) is 4.09. The van der Waals surface area contributed by atoms with Crippen molar-refractivity contribution in [1.29, 1.82) is 0 Å². The van der Waals surface area contributed by atoms with Crippen LogP contribution in [0.1, 0.15) is 29.1 Å². The molecule has 0 saturated carbocycles. The second-order valence-corrected chi connectivity index (χ2v) is 4.09. The minimum absolute atomic E-state index is 0.0368. The smallest absolute Gasteiger partial charge is 0.387 e. The fourth-order valence-corrected chi connectivity index (χ4v) is 1.79. The highest BCUT2D eigenvalue weighted by Gasteiger charge is 2.18. The molecule has 106 valence electrons. The van der Waals surface area contributed by atoms with Crippen molar-refractivity contribution in [2.75, 3.05) is 0 Å². The number of furan rings is 1. The average Bonchev–Trinajstić information content (AvgIpc) is 2.92. The van der Waals surface area contributed by atoms with E-state index in [1.54, 1.807) is 31.2 Å². The number of hydrogen-bond donors (Lipinski definition) is 1. The Morgan fingerprint density at radius 1 is 1.25 bits per heavy atom. The molecule has 1 amide bonds. The number of rotatable bonds is 5. The van der Waals surface area contributed by atoms with Crippen molar-refractivity contribution in [3.63, 3.8) is 0 Å². The highest BCUT2D eigenvalue weighted by Crippen LogP contribution is 2.26. The first-order chi connectivity index (χ1) is 9.58. The lowest BCUT2D eigenvalue weighted by Crippen LogP contribution is -2.26. The normalized spacial score (nSPS) is 12.2. The van der Waals surface area contributed by atoms with E-state index in [0.717, 1.165) is 0 Å². The van der Waals surface area contributed by atoms with E-state index in [1.807, 2.05) is 0 Å². The summed E-state index contributed by atoms with van der Waals surface area (Å²) >= 11 is 0. The van der Waals surface area contributed by atoms with Gasteiger partial charge < -0.3 is 14.5 Å². The minimum Gasteiger partial charge on any atom is -0.459 e. The van der Waals surface area contributed by atoms with Crippen molar-refractivity contribution < 1.29 is 22.7 Å². The van der Waals surface area contributed by atoms with Gasteiger partial charge in [0.05, 0.1) is 12.3 Å². The van der Waals surface area contributed by atoms with Crippen molar-refractivity contribution in [3.05, 3.63) is 54.0 Å². The highest BCUT2D eigenvalue weighted by atomic mass is 19.3. The number of ether oxygens (including phenoxy) is 1. The Bertz CT molecular complexity index is 570. The zero-order chi connectivity index (χ0) is 14.5. The number of halogens is 2. The zero-order valence-corrected chi connectivity index (χ0v) is 10.7. The van der Waals surface area contributed by atoms with Gasteiger partial charge in [0.2, 0.25) is 0 Å². The van der Waals surface area contributed by atoms with Crippen LogP contribution < -0.4 is 10.1 Å². The molecule has 6 heteroatoms. The molecule has 0 aliphatic heterocycles. The van der Waals surface area contributed by atoms with Gasteiger partial charge in [-0.1, -0.05) is 18.2 Å². The molecule has 2 aromatic rings. The van der Waals surface area contributed by atoms with Crippen molar-refractivity contribution in [1.82, 2.24) is 5.32 Å². The third kappa shape index (κ3) is 3.34. The zero-order valence-electron chi connectivity index (χ0n) is 10.7. The Morgan fingerprint density at radius 2 is 2.00 bits per heavy atom. The molecule has 0 aliphatic rings. The third-order valence-electron chi connectivity index (χ3n) is 2.69. The van der Waals surface area contributed by atoms with Gasteiger partial charge in [0.15, 0.2) is 5.76 Å². The van der Waals surface area contributed by atoms with Gasteiger partial charge in [0.1, 0.15) is 5.75 Å². The van der Waals surface area contributed by atoms with Crippen molar-refractivity contribution in [2.45, 2.75) is 19.6 Å². The van der Waals surface area contributed by atoms with E-state index in [9.17, 15) is 13.6 Å². The topological polar surface area (TPSA) is 51.5 Å². The molecule has 4 nitrogen and oxygen atoms in total. The van der Waals surface area contributed by atoms with Crippen LogP contribution >= 0.6 is 0 Å². The summed E-state index contributed by atoms with van der Waals surface area (Å²) in [6, 6.07) is 8.92. The van der Waals surface area contributed by atoms with Gasteiger partial charge in [-0.3, -0.25) is 4.79 Å². The molecular weight excluding hydrogens is 268 g/mol. The number of carbonyl (C=O) groups excluding carboxylic acids is 1. The Kier molecular flexibility index (Phi) is 4.34. The molecule has 0 spiro atoms. The lowest BCUT2D eigenvalue weighted by molar-refractivity contribution is -0.0506. The molecule has 0 fully saturated rings. The van der Waals surface area contributed by atoms with E-state index in [-0.39, 0.29) is 11.5 Å². The first kappa shape index (κ1) is 14.0. The van der Waals surface area contributed by atoms with Crippen LogP contribution in [0, 0.1) is 0 Å². The minimum atomic E-state index is -2.91. The van der Waals surface area contributed by atoms with E-state index >= 15 is 0 Å². The van der Waals surface area contributed by atoms with Crippen molar-refractivity contribution in [2.24, 2.45) is 0 Å². The fraction of sp³-hybridized carbons (Fsp3) is 0.214. The van der Waals surface area contributed by atoms with Gasteiger partial charge in [-0.2, -0.15) is 8.78 Å². The molecule has 1 aromatic carbocycles. The van der Waals surface area contributed by atoms with E-state index in [4.69, 9.17) is 4.42 Å². The summed E-state index contributed by atoms with van der Waals surface area (Å²) in [7, 11) is 0. The predicted octanol–water partition coefficient (Wildman–Crippen LogP) is 3.37. The highest BCUT2D eigenvalue weighted by molar-refractivity contribution is 5.91. The molecule has 2 rings (SSSR count). The standard InChI is InChI=1S/C14H13F2NO3/c1-9(17-13(18)12-7-4-8-19-12)10-5-2-3-6-11(10)20-14(15)16/h2-9,14H,1H3,(H,17,18). The summed E-state index contributed by atoms with van der Waals surface area (Å²) in [5, 5.41) is 2.65. The molecule has 1 unspecified atom stereocenters. The molecule has 0 radical (unpaired) electrons. The number of benzene rings is 1. The molecule has 20 heavy (non-hydrogen) atoms. The van der Waals surface area contributed by atoms with Crippen LogP contribution in [0.15, 0.2) is 47.1 Å². The molecule has 1 heterocycles. The van der Waals surface area contributed by atoms with Crippen LogP contribution in [-0.2, 0) is 0 Å². The maximum absolute atomic E-state index is 12.3. The fourth-order valence-electron chi connectivity index (χ4n) is 1.79. The monoisotopic (exact) mass is 281 g/mol. The second kappa shape index (κ2) is 6.18. The maximum Gasteiger partial charge on any atom is 0.387 e. The molecule has 1 N–H and O–H groups in total. The average molecular weight is 281 g/mol. The number of para-hydroxylation sites is 1. The molecule has 0 saturated heterocycles. The van der Waals surface area contributed by atoms with Crippen LogP contribution in [0.4, 0.5) is 8.78 Å². The molecule has 1 aromatic heterocycles. The van der Waals surface area contributed by atoms with Crippen LogP contribution in [0.5, 0.6) is 5.75 Å². The summed E-state index contributed by atoms with van der Waals surface area (Å²) in [4.78, 5) is 11.8. The molecule has 0 aliphatic carbocycles. The van der Waals surface area contributed by atoms with E-state index < -0.39 is 18.6 Å². The van der Waals surface area contributed by atoms with Crippen LogP contribution in [0.2, 0.25) is 0 Å². The number of carbonyl (C=O) groups is 1.